The molecule has 0 bridgehead atoms. The van der Waals surface area contributed by atoms with Crippen LogP contribution >= 0.6 is 0 Å². The number of aliphatic hydroxyl groups is 3. The summed E-state index contributed by atoms with van der Waals surface area (Å²) in [5.74, 6) is 0.269. The summed E-state index contributed by atoms with van der Waals surface area (Å²) in [7, 11) is 0. The molecular formula is C15H28O3. The predicted octanol–water partition coefficient (Wildman–Crippen LogP) is 2.25. The maximum atomic E-state index is 10.6. The van der Waals surface area contributed by atoms with Crippen molar-refractivity contribution < 1.29 is 15.3 Å². The lowest BCUT2D eigenvalue weighted by Gasteiger charge is -2.35. The van der Waals surface area contributed by atoms with E-state index in [1.165, 1.54) is 0 Å². The molecule has 1 saturated carbocycles. The third kappa shape index (κ3) is 3.56. The Morgan fingerprint density at radius 2 is 2.11 bits per heavy atom. The molecule has 0 saturated heterocycles. The maximum Gasteiger partial charge on any atom is 0.0654 e. The quantitative estimate of drug-likeness (QED) is 0.661. The van der Waals surface area contributed by atoms with Crippen LogP contribution in [0.2, 0.25) is 0 Å². The Morgan fingerprint density at radius 3 is 2.56 bits per heavy atom. The lowest BCUT2D eigenvalue weighted by atomic mass is 9.76. The molecule has 4 unspecified atom stereocenters. The lowest BCUT2D eigenvalue weighted by Crippen LogP contribution is -2.40. The van der Waals surface area contributed by atoms with Crippen LogP contribution in [0.25, 0.3) is 0 Å². The molecule has 1 rings (SSSR count). The zero-order valence-corrected chi connectivity index (χ0v) is 12.1. The minimum absolute atomic E-state index is 0.0800. The van der Waals surface area contributed by atoms with Crippen molar-refractivity contribution in [2.75, 3.05) is 6.61 Å². The van der Waals surface area contributed by atoms with E-state index in [2.05, 4.69) is 0 Å². The molecule has 0 spiro atoms. The topological polar surface area (TPSA) is 60.7 Å². The number of hydrogen-bond acceptors (Lipinski definition) is 3. The van der Waals surface area contributed by atoms with Gasteiger partial charge in [-0.3, -0.25) is 0 Å². The molecule has 0 aromatic carbocycles. The fraction of sp³-hybridized carbons (Fsp3) is 0.867. The minimum atomic E-state index is -0.744. The monoisotopic (exact) mass is 256 g/mol. The van der Waals surface area contributed by atoms with Crippen molar-refractivity contribution in [2.24, 2.45) is 11.8 Å². The summed E-state index contributed by atoms with van der Waals surface area (Å²) in [6.07, 6.45) is 5.07. The smallest absolute Gasteiger partial charge is 0.0654 e. The van der Waals surface area contributed by atoms with E-state index in [4.69, 9.17) is 5.11 Å². The molecular weight excluding hydrogens is 228 g/mol. The molecule has 106 valence electrons. The zero-order valence-electron chi connectivity index (χ0n) is 12.1. The van der Waals surface area contributed by atoms with Gasteiger partial charge in [0.2, 0.25) is 0 Å². The van der Waals surface area contributed by atoms with Gasteiger partial charge in [0.1, 0.15) is 0 Å². The van der Waals surface area contributed by atoms with Gasteiger partial charge >= 0.3 is 0 Å². The van der Waals surface area contributed by atoms with E-state index in [1.807, 2.05) is 33.8 Å². The molecule has 0 aliphatic heterocycles. The summed E-state index contributed by atoms with van der Waals surface area (Å²) in [6.45, 7) is 7.73. The van der Waals surface area contributed by atoms with Gasteiger partial charge in [0.15, 0.2) is 0 Å². The van der Waals surface area contributed by atoms with Gasteiger partial charge < -0.3 is 15.3 Å². The Labute approximate surface area is 111 Å². The van der Waals surface area contributed by atoms with Crippen molar-refractivity contribution in [3.05, 3.63) is 11.6 Å². The van der Waals surface area contributed by atoms with Crippen molar-refractivity contribution >= 4 is 0 Å². The molecule has 4 atom stereocenters. The highest BCUT2D eigenvalue weighted by atomic mass is 16.3. The van der Waals surface area contributed by atoms with Crippen LogP contribution < -0.4 is 0 Å². The molecule has 1 aliphatic rings. The van der Waals surface area contributed by atoms with Gasteiger partial charge in [0, 0.05) is 0 Å². The first kappa shape index (κ1) is 15.7. The second kappa shape index (κ2) is 5.72. The fourth-order valence-electron chi connectivity index (χ4n) is 3.07. The summed E-state index contributed by atoms with van der Waals surface area (Å²) < 4.78 is 0. The van der Waals surface area contributed by atoms with Crippen molar-refractivity contribution in [3.8, 4) is 0 Å². The molecule has 18 heavy (non-hydrogen) atoms. The van der Waals surface area contributed by atoms with Gasteiger partial charge in [-0.2, -0.15) is 0 Å². The molecule has 0 radical (unpaired) electrons. The van der Waals surface area contributed by atoms with Crippen LogP contribution in [0.3, 0.4) is 0 Å². The normalized spacial score (nSPS) is 36.7. The Hall–Kier alpha value is -0.380. The number of rotatable bonds is 5. The van der Waals surface area contributed by atoms with E-state index in [0.717, 1.165) is 24.8 Å². The Morgan fingerprint density at radius 1 is 1.50 bits per heavy atom. The average molecular weight is 256 g/mol. The van der Waals surface area contributed by atoms with Gasteiger partial charge in [0.25, 0.3) is 0 Å². The van der Waals surface area contributed by atoms with Gasteiger partial charge in [-0.15, -0.1) is 0 Å². The van der Waals surface area contributed by atoms with E-state index < -0.39 is 11.2 Å². The summed E-state index contributed by atoms with van der Waals surface area (Å²) in [4.78, 5) is 0. The molecule has 0 heterocycles. The van der Waals surface area contributed by atoms with Crippen molar-refractivity contribution in [1.82, 2.24) is 0 Å². The molecule has 1 aliphatic carbocycles. The highest BCUT2D eigenvalue weighted by Crippen LogP contribution is 2.46. The first-order valence-electron chi connectivity index (χ1n) is 6.92. The number of allylic oxidation sites excluding steroid dienone is 1. The second-order valence-electron chi connectivity index (χ2n) is 6.40. The second-order valence-corrected chi connectivity index (χ2v) is 6.40. The van der Waals surface area contributed by atoms with Crippen molar-refractivity contribution in [3.63, 3.8) is 0 Å². The van der Waals surface area contributed by atoms with E-state index >= 15 is 0 Å². The van der Waals surface area contributed by atoms with Crippen LogP contribution in [0.1, 0.15) is 53.4 Å². The first-order valence-corrected chi connectivity index (χ1v) is 6.92. The van der Waals surface area contributed by atoms with Crippen LogP contribution in [0, 0.1) is 11.8 Å². The van der Waals surface area contributed by atoms with Crippen LogP contribution in [-0.4, -0.2) is 33.1 Å². The highest BCUT2D eigenvalue weighted by molar-refractivity contribution is 5.02. The van der Waals surface area contributed by atoms with Crippen LogP contribution in [0.5, 0.6) is 0 Å². The molecule has 0 amide bonds. The van der Waals surface area contributed by atoms with Gasteiger partial charge in [-0.1, -0.05) is 18.6 Å². The number of hydrogen-bond donors (Lipinski definition) is 3. The fourth-order valence-corrected chi connectivity index (χ4v) is 3.07. The third-order valence-corrected chi connectivity index (χ3v) is 4.74. The number of aliphatic hydroxyl groups excluding tert-OH is 1. The standard InChI is InChI=1S/C15H28O3/c1-11(10-16)6-5-8-15(4,18)13-7-9-14(3,17)12(13)2/h6,12-13,16-18H,5,7-10H2,1-4H3. The Bertz CT molecular complexity index is 305. The molecule has 0 aromatic heterocycles. The highest BCUT2D eigenvalue weighted by Gasteiger charge is 2.47. The minimum Gasteiger partial charge on any atom is -0.392 e. The summed E-state index contributed by atoms with van der Waals surface area (Å²) in [5.41, 5.74) is -0.449. The molecule has 3 nitrogen and oxygen atoms in total. The SMILES string of the molecule is CC(=CCCC(C)(O)C1CCC(C)(O)C1C)CO. The van der Waals surface area contributed by atoms with E-state index in [-0.39, 0.29) is 18.4 Å². The van der Waals surface area contributed by atoms with Crippen LogP contribution in [0.4, 0.5) is 0 Å². The predicted molar refractivity (Wildman–Crippen MR) is 73.2 cm³/mol. The maximum absolute atomic E-state index is 10.6. The lowest BCUT2D eigenvalue weighted by molar-refractivity contribution is -0.0541. The van der Waals surface area contributed by atoms with Crippen molar-refractivity contribution in [2.45, 2.75) is 64.6 Å². The van der Waals surface area contributed by atoms with Crippen molar-refractivity contribution in [1.29, 1.82) is 0 Å². The van der Waals surface area contributed by atoms with Gasteiger partial charge in [-0.25, -0.2) is 0 Å². The molecule has 3 N–H and O–H groups in total. The molecule has 0 aromatic rings. The third-order valence-electron chi connectivity index (χ3n) is 4.74. The van der Waals surface area contributed by atoms with E-state index in [0.29, 0.717) is 6.42 Å². The Kier molecular flexibility index (Phi) is 4.98. The largest absolute Gasteiger partial charge is 0.392 e. The average Bonchev–Trinajstić information content (AvgIpc) is 2.54. The van der Waals surface area contributed by atoms with E-state index in [9.17, 15) is 10.2 Å². The zero-order chi connectivity index (χ0) is 14.0. The van der Waals surface area contributed by atoms with Crippen LogP contribution in [-0.2, 0) is 0 Å². The van der Waals surface area contributed by atoms with Crippen LogP contribution in [0.15, 0.2) is 11.6 Å². The summed E-state index contributed by atoms with van der Waals surface area (Å²) in [5, 5.41) is 29.7. The summed E-state index contributed by atoms with van der Waals surface area (Å²) >= 11 is 0. The van der Waals surface area contributed by atoms with E-state index in [1.54, 1.807) is 0 Å². The summed E-state index contributed by atoms with van der Waals surface area (Å²) in [6, 6.07) is 0. The Balaban J connectivity index is 2.59. The first-order chi connectivity index (χ1) is 8.20. The van der Waals surface area contributed by atoms with Gasteiger partial charge in [0.05, 0.1) is 17.8 Å². The van der Waals surface area contributed by atoms with Gasteiger partial charge in [-0.05, 0) is 58.3 Å². The molecule has 3 heteroatoms. The molecule has 1 fully saturated rings.